The molecule has 0 bridgehead atoms. The summed E-state index contributed by atoms with van der Waals surface area (Å²) in [4.78, 5) is 31.4. The number of thioether (sulfide) groups is 1. The number of carbonyl (C=O) groups is 1. The zero-order valence-corrected chi connectivity index (χ0v) is 19.0. The smallest absolute Gasteiger partial charge is 0.261 e. The van der Waals surface area contributed by atoms with Gasteiger partial charge in [0, 0.05) is 19.6 Å². The molecule has 3 aromatic rings. The summed E-state index contributed by atoms with van der Waals surface area (Å²) in [6, 6.07) is 7.10. The SMILES string of the molecule is CC(C)Cn1c(SCc2nc3ccccc3c(=O)n2CC(N)=O)nnc1N1CCOCC1. The van der Waals surface area contributed by atoms with E-state index >= 15 is 0 Å². The minimum Gasteiger partial charge on any atom is -0.378 e. The number of aromatic nitrogens is 5. The molecule has 0 radical (unpaired) electrons. The van der Waals surface area contributed by atoms with E-state index < -0.39 is 5.91 Å². The van der Waals surface area contributed by atoms with E-state index in [-0.39, 0.29) is 12.1 Å². The van der Waals surface area contributed by atoms with Crippen LogP contribution in [0, 0.1) is 5.92 Å². The van der Waals surface area contributed by atoms with Crippen LogP contribution in [0.2, 0.25) is 0 Å². The highest BCUT2D eigenvalue weighted by Crippen LogP contribution is 2.26. The summed E-state index contributed by atoms with van der Waals surface area (Å²) in [6.07, 6.45) is 0. The quantitative estimate of drug-likeness (QED) is 0.502. The molecule has 1 aliphatic rings. The number of rotatable bonds is 8. The second kappa shape index (κ2) is 9.70. The van der Waals surface area contributed by atoms with Gasteiger partial charge in [0.05, 0.1) is 29.9 Å². The zero-order valence-electron chi connectivity index (χ0n) is 18.2. The Labute approximate surface area is 189 Å². The van der Waals surface area contributed by atoms with Crippen molar-refractivity contribution in [3.63, 3.8) is 0 Å². The molecule has 0 aliphatic carbocycles. The number of para-hydroxylation sites is 1. The van der Waals surface area contributed by atoms with Gasteiger partial charge in [0.15, 0.2) is 5.16 Å². The molecule has 0 spiro atoms. The zero-order chi connectivity index (χ0) is 22.7. The molecule has 0 atom stereocenters. The first kappa shape index (κ1) is 22.3. The maximum atomic E-state index is 13.0. The van der Waals surface area contributed by atoms with Gasteiger partial charge >= 0.3 is 0 Å². The largest absolute Gasteiger partial charge is 0.378 e. The lowest BCUT2D eigenvalue weighted by Gasteiger charge is -2.28. The van der Waals surface area contributed by atoms with Crippen molar-refractivity contribution in [3.8, 4) is 0 Å². The Morgan fingerprint density at radius 2 is 1.94 bits per heavy atom. The normalized spacial score (nSPS) is 14.4. The van der Waals surface area contributed by atoms with Gasteiger partial charge in [-0.2, -0.15) is 0 Å². The average molecular weight is 458 g/mol. The highest BCUT2D eigenvalue weighted by atomic mass is 32.2. The number of carbonyl (C=O) groups excluding carboxylic acids is 1. The fourth-order valence-electron chi connectivity index (χ4n) is 3.68. The molecule has 11 heteroatoms. The molecule has 4 rings (SSSR count). The maximum absolute atomic E-state index is 13.0. The number of nitrogens with zero attached hydrogens (tertiary/aromatic N) is 6. The molecule has 1 amide bonds. The Balaban J connectivity index is 1.66. The molecule has 170 valence electrons. The third kappa shape index (κ3) is 4.78. The van der Waals surface area contributed by atoms with Crippen LogP contribution in [0.1, 0.15) is 19.7 Å². The topological polar surface area (TPSA) is 121 Å². The second-order valence-corrected chi connectivity index (χ2v) is 9.02. The lowest BCUT2D eigenvalue weighted by molar-refractivity contribution is -0.118. The van der Waals surface area contributed by atoms with Gasteiger partial charge in [-0.25, -0.2) is 4.98 Å². The molecule has 0 saturated carbocycles. The van der Waals surface area contributed by atoms with Gasteiger partial charge in [0.2, 0.25) is 11.9 Å². The van der Waals surface area contributed by atoms with Gasteiger partial charge in [-0.15, -0.1) is 10.2 Å². The Hall–Kier alpha value is -2.92. The highest BCUT2D eigenvalue weighted by Gasteiger charge is 2.22. The summed E-state index contributed by atoms with van der Waals surface area (Å²) >= 11 is 1.44. The number of benzene rings is 1. The van der Waals surface area contributed by atoms with E-state index in [1.54, 1.807) is 18.2 Å². The second-order valence-electron chi connectivity index (χ2n) is 8.08. The standard InChI is InChI=1S/C21H27N7O3S/c1-14(2)11-28-20(26-7-9-31-10-8-26)24-25-21(28)32-13-18-23-16-6-4-3-5-15(16)19(30)27(18)12-17(22)29/h3-6,14H,7-13H2,1-2H3,(H2,22,29). The number of hydrogen-bond donors (Lipinski definition) is 1. The number of hydrogen-bond acceptors (Lipinski definition) is 8. The Morgan fingerprint density at radius 1 is 1.19 bits per heavy atom. The first-order valence-electron chi connectivity index (χ1n) is 10.6. The lowest BCUT2D eigenvalue weighted by atomic mass is 10.2. The van der Waals surface area contributed by atoms with Crippen molar-refractivity contribution in [2.24, 2.45) is 11.7 Å². The monoisotopic (exact) mass is 457 g/mol. The summed E-state index contributed by atoms with van der Waals surface area (Å²) in [7, 11) is 0. The molecule has 2 aromatic heterocycles. The number of nitrogens with two attached hydrogens (primary N) is 1. The van der Waals surface area contributed by atoms with Crippen LogP contribution < -0.4 is 16.2 Å². The summed E-state index contributed by atoms with van der Waals surface area (Å²) in [5.74, 6) is 1.46. The molecule has 2 N–H and O–H groups in total. The molecule has 1 aliphatic heterocycles. The van der Waals surface area contributed by atoms with Crippen LogP contribution in [0.5, 0.6) is 0 Å². The van der Waals surface area contributed by atoms with Crippen molar-refractivity contribution in [1.82, 2.24) is 24.3 Å². The van der Waals surface area contributed by atoms with E-state index in [0.717, 1.165) is 30.7 Å². The third-order valence-corrected chi connectivity index (χ3v) is 6.09. The van der Waals surface area contributed by atoms with Crippen LogP contribution in [0.4, 0.5) is 5.95 Å². The summed E-state index contributed by atoms with van der Waals surface area (Å²) in [5.41, 5.74) is 5.72. The Kier molecular flexibility index (Phi) is 6.75. The fourth-order valence-corrected chi connectivity index (χ4v) is 4.57. The molecule has 1 saturated heterocycles. The molecular formula is C21H27N7O3S. The molecular weight excluding hydrogens is 430 g/mol. The maximum Gasteiger partial charge on any atom is 0.261 e. The minimum atomic E-state index is -0.590. The van der Waals surface area contributed by atoms with E-state index in [2.05, 4.69) is 38.5 Å². The average Bonchev–Trinajstić information content (AvgIpc) is 3.16. The Morgan fingerprint density at radius 3 is 2.66 bits per heavy atom. The van der Waals surface area contributed by atoms with Crippen LogP contribution in [-0.2, 0) is 28.4 Å². The predicted molar refractivity (Wildman–Crippen MR) is 123 cm³/mol. The van der Waals surface area contributed by atoms with Crippen molar-refractivity contribution in [3.05, 3.63) is 40.4 Å². The lowest BCUT2D eigenvalue weighted by Crippen LogP contribution is -2.38. The van der Waals surface area contributed by atoms with Crippen molar-refractivity contribution in [2.75, 3.05) is 31.2 Å². The highest BCUT2D eigenvalue weighted by molar-refractivity contribution is 7.98. The van der Waals surface area contributed by atoms with Gasteiger partial charge in [0.25, 0.3) is 5.56 Å². The first-order valence-corrected chi connectivity index (χ1v) is 11.6. The first-order chi connectivity index (χ1) is 15.4. The minimum absolute atomic E-state index is 0.218. The fraction of sp³-hybridized carbons (Fsp3) is 0.476. The van der Waals surface area contributed by atoms with E-state index in [4.69, 9.17) is 10.5 Å². The van der Waals surface area contributed by atoms with Gasteiger partial charge < -0.3 is 15.4 Å². The third-order valence-electron chi connectivity index (χ3n) is 5.12. The molecule has 0 unspecified atom stereocenters. The molecule has 10 nitrogen and oxygen atoms in total. The van der Waals surface area contributed by atoms with Gasteiger partial charge in [-0.3, -0.25) is 18.7 Å². The number of amides is 1. The van der Waals surface area contributed by atoms with Gasteiger partial charge in [-0.1, -0.05) is 37.7 Å². The number of anilines is 1. The molecule has 3 heterocycles. The van der Waals surface area contributed by atoms with Crippen molar-refractivity contribution in [1.29, 1.82) is 0 Å². The van der Waals surface area contributed by atoms with E-state index in [9.17, 15) is 9.59 Å². The van der Waals surface area contributed by atoms with Crippen LogP contribution in [0.3, 0.4) is 0 Å². The van der Waals surface area contributed by atoms with Crippen LogP contribution in [-0.4, -0.2) is 56.5 Å². The molecule has 32 heavy (non-hydrogen) atoms. The van der Waals surface area contributed by atoms with E-state index in [1.165, 1.54) is 16.3 Å². The number of fused-ring (bicyclic) bond motifs is 1. The number of primary amides is 1. The summed E-state index contributed by atoms with van der Waals surface area (Å²) < 4.78 is 8.92. The number of morpholine rings is 1. The number of ether oxygens (including phenoxy) is 1. The Bertz CT molecular complexity index is 1170. The van der Waals surface area contributed by atoms with E-state index in [1.807, 2.05) is 6.07 Å². The molecule has 1 fully saturated rings. The molecule has 1 aromatic carbocycles. The van der Waals surface area contributed by atoms with Crippen molar-refractivity contribution < 1.29 is 9.53 Å². The van der Waals surface area contributed by atoms with E-state index in [0.29, 0.717) is 41.6 Å². The summed E-state index contributed by atoms with van der Waals surface area (Å²) in [5, 5.41) is 10.1. The van der Waals surface area contributed by atoms with Gasteiger partial charge in [0.1, 0.15) is 12.4 Å². The van der Waals surface area contributed by atoms with Gasteiger partial charge in [-0.05, 0) is 18.1 Å². The van der Waals surface area contributed by atoms with Crippen LogP contribution in [0.25, 0.3) is 10.9 Å². The van der Waals surface area contributed by atoms with Crippen LogP contribution in [0.15, 0.2) is 34.2 Å². The predicted octanol–water partition coefficient (Wildman–Crippen LogP) is 1.26. The van der Waals surface area contributed by atoms with Crippen LogP contribution >= 0.6 is 11.8 Å². The van der Waals surface area contributed by atoms with Crippen molar-refractivity contribution >= 4 is 34.5 Å². The summed E-state index contributed by atoms with van der Waals surface area (Å²) in [6.45, 7) is 7.71. The van der Waals surface area contributed by atoms with Crippen molar-refractivity contribution in [2.45, 2.75) is 37.8 Å².